The van der Waals surface area contributed by atoms with E-state index in [1.165, 1.54) is 11.3 Å². The number of hydrogen-bond donors (Lipinski definition) is 1. The number of benzene rings is 1. The van der Waals surface area contributed by atoms with Crippen LogP contribution in [-0.4, -0.2) is 30.9 Å². The van der Waals surface area contributed by atoms with Gasteiger partial charge in [0.05, 0.1) is 0 Å². The second-order valence-electron chi connectivity index (χ2n) is 8.73. The minimum absolute atomic E-state index is 0. The molecule has 35 heavy (non-hydrogen) atoms. The van der Waals surface area contributed by atoms with Crippen molar-refractivity contribution in [2.75, 3.05) is 6.61 Å². The normalized spacial score (nSPS) is 12.3. The van der Waals surface area contributed by atoms with Crippen LogP contribution in [0.4, 0.5) is 8.78 Å². The zero-order chi connectivity index (χ0) is 26.3. The third kappa shape index (κ3) is 16.1. The van der Waals surface area contributed by atoms with Crippen molar-refractivity contribution < 1.29 is 79.5 Å². The molecule has 8 heteroatoms. The van der Waals surface area contributed by atoms with E-state index in [4.69, 9.17) is 14.6 Å². The second kappa shape index (κ2) is 19.6. The van der Waals surface area contributed by atoms with Crippen molar-refractivity contribution in [3.63, 3.8) is 0 Å². The topological polar surface area (TPSA) is 55.8 Å². The maximum absolute atomic E-state index is 12.4. The molecule has 1 heterocycles. The predicted molar refractivity (Wildman–Crippen MR) is 137 cm³/mol. The molecule has 0 aliphatic rings. The van der Waals surface area contributed by atoms with Gasteiger partial charge in [0.1, 0.15) is 5.75 Å². The van der Waals surface area contributed by atoms with E-state index >= 15 is 0 Å². The molecule has 1 N–H and O–H groups in total. The molecule has 1 aromatic carbocycles. The third-order valence-electron chi connectivity index (χ3n) is 4.93. The van der Waals surface area contributed by atoms with Crippen LogP contribution in [0, 0.1) is 32.1 Å². The van der Waals surface area contributed by atoms with E-state index in [-0.39, 0.29) is 75.1 Å². The molecular weight excluding hydrogens is 497 g/mol. The van der Waals surface area contributed by atoms with E-state index in [0.29, 0.717) is 11.5 Å². The number of alkyl halides is 2. The summed E-state index contributed by atoms with van der Waals surface area (Å²) in [5, 5.41) is 6.89. The van der Waals surface area contributed by atoms with Crippen LogP contribution >= 0.6 is 11.3 Å². The molecule has 0 saturated carbocycles. The molecule has 0 amide bonds. The van der Waals surface area contributed by atoms with Gasteiger partial charge in [0, 0.05) is 17.0 Å². The average Bonchev–Trinajstić information content (AvgIpc) is 3.18. The second-order valence-corrected chi connectivity index (χ2v) is 9.89. The molecule has 0 spiro atoms. The molecule has 0 bridgehead atoms. The van der Waals surface area contributed by atoms with Gasteiger partial charge in [-0.25, -0.2) is 6.92 Å². The molecule has 2 unspecified atom stereocenters. The van der Waals surface area contributed by atoms with Gasteiger partial charge in [-0.15, -0.1) is 10.9 Å². The Bertz CT molecular complexity index is 822. The van der Waals surface area contributed by atoms with Crippen LogP contribution in [0.25, 0.3) is 10.4 Å². The minimum Gasteiger partial charge on any atom is -0.483 e. The summed E-state index contributed by atoms with van der Waals surface area (Å²) in [6.07, 6.45) is 2.96. The molecule has 2 rings (SSSR count). The molecule has 194 valence electrons. The number of ether oxygens (including phenoxy) is 2. The van der Waals surface area contributed by atoms with Gasteiger partial charge in [-0.3, -0.25) is 4.79 Å². The van der Waals surface area contributed by atoms with Gasteiger partial charge in [0.15, 0.2) is 0 Å². The van der Waals surface area contributed by atoms with Gasteiger partial charge in [-0.1, -0.05) is 58.6 Å². The minimum atomic E-state index is -2.81. The van der Waals surface area contributed by atoms with Crippen LogP contribution in [0.2, 0.25) is 0 Å². The largest absolute Gasteiger partial charge is 1.00 e. The Labute approximate surface area is 257 Å². The number of hydrogen-bond acceptors (Lipinski definition) is 4. The van der Waals surface area contributed by atoms with Gasteiger partial charge >= 0.3 is 58.0 Å². The zero-order valence-electron chi connectivity index (χ0n) is 22.0. The first-order valence-electron chi connectivity index (χ1n) is 11.2. The molecule has 0 aliphatic heterocycles. The van der Waals surface area contributed by atoms with E-state index in [1.807, 2.05) is 25.1 Å². The summed E-state index contributed by atoms with van der Waals surface area (Å²) >= 11 is 1.47. The fraction of sp³-hybridized carbons (Fsp3) is 0.481. The van der Waals surface area contributed by atoms with Gasteiger partial charge in [0.2, 0.25) is 0 Å². The predicted octanol–water partition coefficient (Wildman–Crippen LogP) is 4.97. The summed E-state index contributed by atoms with van der Waals surface area (Å²) < 4.78 is 34.8. The number of halogens is 2. The first-order valence-corrected chi connectivity index (χ1v) is 12.1. The first kappa shape index (κ1) is 36.7. The van der Waals surface area contributed by atoms with Crippen molar-refractivity contribution in [1.29, 1.82) is 0 Å². The van der Waals surface area contributed by atoms with Gasteiger partial charge < -0.3 is 28.4 Å². The summed E-state index contributed by atoms with van der Waals surface area (Å²) in [7, 11) is 0. The molecule has 2 aromatic rings. The summed E-state index contributed by atoms with van der Waals surface area (Å²) in [6.45, 7) is 20.4. The molecule has 0 saturated heterocycles. The molecule has 1 aromatic heterocycles. The average molecular weight is 537 g/mol. The van der Waals surface area contributed by atoms with E-state index in [2.05, 4.69) is 53.2 Å². The fourth-order valence-electron chi connectivity index (χ4n) is 2.73. The molecule has 0 aliphatic carbocycles. The first-order chi connectivity index (χ1) is 15.9. The van der Waals surface area contributed by atoms with Crippen LogP contribution < -0.4 is 56.1 Å². The van der Waals surface area contributed by atoms with E-state index in [0.717, 1.165) is 41.2 Å². The monoisotopic (exact) mass is 536 g/mol. The van der Waals surface area contributed by atoms with Crippen LogP contribution in [0.1, 0.15) is 57.9 Å². The van der Waals surface area contributed by atoms with E-state index < -0.39 is 6.61 Å². The molecule has 0 fully saturated rings. The Morgan fingerprint density at radius 1 is 1.14 bits per heavy atom. The number of carbonyl (C=O) groups is 1. The van der Waals surface area contributed by atoms with Gasteiger partial charge in [-0.05, 0) is 30.5 Å². The third-order valence-corrected chi connectivity index (χ3v) is 5.90. The van der Waals surface area contributed by atoms with Crippen LogP contribution in [-0.2, 0) is 16.0 Å². The summed E-state index contributed by atoms with van der Waals surface area (Å²) in [5.74, 6) is 0.621. The Kier molecular flexibility index (Phi) is 20.5. The zero-order valence-corrected chi connectivity index (χ0v) is 25.9. The van der Waals surface area contributed by atoms with Crippen molar-refractivity contribution >= 4 is 17.8 Å². The maximum Gasteiger partial charge on any atom is 1.00 e. The van der Waals surface area contributed by atoms with Crippen LogP contribution in [0.15, 0.2) is 30.3 Å². The summed E-state index contributed by atoms with van der Waals surface area (Å²) in [4.78, 5) is 10.2. The summed E-state index contributed by atoms with van der Waals surface area (Å²) in [6, 6.07) is 9.04. The van der Waals surface area contributed by atoms with Gasteiger partial charge in [0.25, 0.3) is 6.47 Å². The van der Waals surface area contributed by atoms with Gasteiger partial charge in [-0.2, -0.15) is 32.1 Å². The van der Waals surface area contributed by atoms with Crippen LogP contribution in [0.5, 0.6) is 5.75 Å². The van der Waals surface area contributed by atoms with Crippen molar-refractivity contribution in [3.8, 4) is 16.2 Å². The van der Waals surface area contributed by atoms with Crippen molar-refractivity contribution in [2.45, 2.75) is 66.6 Å². The Hall–Kier alpha value is -0.484. The number of aryl methyl sites for hydroxylation is 1. The number of carboxylic acid groups (broad SMARTS) is 1. The molecular formula is C27H39F2KO4S-2. The smallest absolute Gasteiger partial charge is 0.483 e. The Morgan fingerprint density at radius 2 is 1.74 bits per heavy atom. The molecule has 4 nitrogen and oxygen atoms in total. The van der Waals surface area contributed by atoms with E-state index in [9.17, 15) is 8.78 Å². The Morgan fingerprint density at radius 3 is 2.17 bits per heavy atom. The number of thiophene rings is 1. The van der Waals surface area contributed by atoms with E-state index in [1.54, 1.807) is 12.1 Å². The van der Waals surface area contributed by atoms with Crippen molar-refractivity contribution in [2.24, 2.45) is 11.3 Å². The SMILES string of the molecule is O=CO.[CH2-]C(CC([CH2-])C(C)(C)C)OCCC.[CH2-]c1ccc(-c2cc(CC)ccc2OC(F)F)s1.[K+]. The fourth-order valence-corrected chi connectivity index (χ4v) is 3.56. The maximum atomic E-state index is 12.4. The number of rotatable bonds is 9. The van der Waals surface area contributed by atoms with Crippen molar-refractivity contribution in [1.82, 2.24) is 0 Å². The molecule has 0 radical (unpaired) electrons. The van der Waals surface area contributed by atoms with Crippen molar-refractivity contribution in [3.05, 3.63) is 61.5 Å². The summed E-state index contributed by atoms with van der Waals surface area (Å²) in [5.41, 5.74) is 2.05. The standard InChI is InChI=1S/C14H13F2OS.C12H24O.CH2O2.K/c1-3-10-5-6-12(17-14(15)16)11(8-10)13-7-4-9(2)18-13;1-7-8-13-11(3)9-10(2)12(4,5)6;2-1-3;/h4-8,14H,2-3H2,1H3;10-11H,2-3,7-9H2,1,4-6H3;1H,(H,2,3);/q-1;-2;;+1. The van der Waals surface area contributed by atoms with Crippen LogP contribution in [0.3, 0.4) is 0 Å². The molecule has 2 atom stereocenters. The quantitative estimate of drug-likeness (QED) is 0.279. The Balaban J connectivity index is 0.